The highest BCUT2D eigenvalue weighted by molar-refractivity contribution is 6.78. The topological polar surface area (TPSA) is 18.5 Å². The molecule has 2 atom stereocenters. The highest BCUT2D eigenvalue weighted by Crippen LogP contribution is 2.56. The zero-order valence-corrected chi connectivity index (χ0v) is 24.2. The predicted molar refractivity (Wildman–Crippen MR) is 145 cm³/mol. The average Bonchev–Trinajstić information content (AvgIpc) is 2.70. The first kappa shape index (κ1) is 26.4. The maximum absolute atomic E-state index is 7.42. The van der Waals surface area contributed by atoms with Gasteiger partial charge < -0.3 is 9.16 Å². The molecule has 0 saturated heterocycles. The molecule has 186 valence electrons. The molecular weight excluding hydrogens is 420 g/mol. The van der Waals surface area contributed by atoms with E-state index in [0.29, 0.717) is 28.5 Å². The summed E-state index contributed by atoms with van der Waals surface area (Å²) in [4.78, 5) is 0. The number of fused-ring (bicyclic) bond motifs is 3. The van der Waals surface area contributed by atoms with E-state index in [-0.39, 0.29) is 5.60 Å². The number of benzene rings is 1. The van der Waals surface area contributed by atoms with Crippen LogP contribution >= 0.6 is 0 Å². The summed E-state index contributed by atoms with van der Waals surface area (Å²) in [6.07, 6.45) is 9.51. The fourth-order valence-electron chi connectivity index (χ4n) is 6.95. The molecular formula is C30H50O2Si. The van der Waals surface area contributed by atoms with Gasteiger partial charge in [-0.15, -0.1) is 0 Å². The van der Waals surface area contributed by atoms with Gasteiger partial charge in [0.1, 0.15) is 17.1 Å². The summed E-state index contributed by atoms with van der Waals surface area (Å²) in [6.45, 7) is 23.5. The van der Waals surface area contributed by atoms with E-state index in [0.717, 1.165) is 30.8 Å². The van der Waals surface area contributed by atoms with Crippen LogP contribution < -0.4 is 9.16 Å². The largest absolute Gasteiger partial charge is 0.542 e. The van der Waals surface area contributed by atoms with Crippen molar-refractivity contribution in [3.63, 3.8) is 0 Å². The molecule has 0 spiro atoms. The number of hydrogen-bond donors (Lipinski definition) is 0. The van der Waals surface area contributed by atoms with E-state index in [2.05, 4.69) is 87.4 Å². The van der Waals surface area contributed by atoms with Crippen LogP contribution in [0.25, 0.3) is 0 Å². The maximum Gasteiger partial charge on any atom is 0.258 e. The minimum Gasteiger partial charge on any atom is -0.542 e. The molecule has 2 nitrogen and oxygen atoms in total. The third-order valence-electron chi connectivity index (χ3n) is 8.61. The van der Waals surface area contributed by atoms with E-state index in [1.807, 2.05) is 0 Å². The normalized spacial score (nSPS) is 22.2. The second kappa shape index (κ2) is 10.2. The van der Waals surface area contributed by atoms with Gasteiger partial charge in [-0.2, -0.15) is 0 Å². The van der Waals surface area contributed by atoms with Gasteiger partial charge in [-0.25, -0.2) is 0 Å². The lowest BCUT2D eigenvalue weighted by Gasteiger charge is -2.49. The smallest absolute Gasteiger partial charge is 0.258 e. The molecule has 0 aromatic heterocycles. The Balaban J connectivity index is 2.18. The number of allylic oxidation sites excluding steroid dienone is 2. The summed E-state index contributed by atoms with van der Waals surface area (Å²) in [5.41, 5.74) is 5.78. The predicted octanol–water partition coefficient (Wildman–Crippen LogP) is 9.58. The summed E-state index contributed by atoms with van der Waals surface area (Å²) in [5.74, 6) is 3.22. The summed E-state index contributed by atoms with van der Waals surface area (Å²) in [7, 11) is -2.07. The molecule has 0 unspecified atom stereocenters. The van der Waals surface area contributed by atoms with Crippen LogP contribution in [0.2, 0.25) is 16.6 Å². The Morgan fingerprint density at radius 1 is 1.03 bits per heavy atom. The summed E-state index contributed by atoms with van der Waals surface area (Å²) in [6, 6.07) is 4.77. The molecule has 1 heterocycles. The highest BCUT2D eigenvalue weighted by Gasteiger charge is 2.50. The SMILES string of the molecule is CCCCCc1cc2c(c(O[Si](C(C)C)(C(C)C)C(C)C)c1)[C@@H]1CC(C)=CC[C@H]1C(C)(C)O2. The van der Waals surface area contributed by atoms with Crippen molar-refractivity contribution in [3.05, 3.63) is 34.9 Å². The monoisotopic (exact) mass is 470 g/mol. The van der Waals surface area contributed by atoms with Crippen LogP contribution in [0.1, 0.15) is 118 Å². The van der Waals surface area contributed by atoms with Crippen LogP contribution in [0.5, 0.6) is 11.5 Å². The molecule has 1 aromatic rings. The summed E-state index contributed by atoms with van der Waals surface area (Å²) < 4.78 is 14.2. The van der Waals surface area contributed by atoms with Gasteiger partial charge in [0.25, 0.3) is 8.32 Å². The van der Waals surface area contributed by atoms with Crippen LogP contribution in [0.3, 0.4) is 0 Å². The Morgan fingerprint density at radius 3 is 2.24 bits per heavy atom. The van der Waals surface area contributed by atoms with Crippen molar-refractivity contribution in [3.8, 4) is 11.5 Å². The molecule has 0 radical (unpaired) electrons. The second-order valence-electron chi connectivity index (χ2n) is 12.3. The van der Waals surface area contributed by atoms with E-state index in [9.17, 15) is 0 Å². The zero-order valence-electron chi connectivity index (χ0n) is 23.2. The van der Waals surface area contributed by atoms with Gasteiger partial charge in [-0.3, -0.25) is 0 Å². The molecule has 0 N–H and O–H groups in total. The van der Waals surface area contributed by atoms with E-state index in [1.54, 1.807) is 0 Å². The quantitative estimate of drug-likeness (QED) is 0.203. The second-order valence-corrected chi connectivity index (χ2v) is 17.7. The van der Waals surface area contributed by atoms with E-state index >= 15 is 0 Å². The van der Waals surface area contributed by atoms with Crippen molar-refractivity contribution in [1.82, 2.24) is 0 Å². The Kier molecular flexibility index (Phi) is 8.14. The molecule has 1 aliphatic heterocycles. The number of ether oxygens (including phenoxy) is 1. The molecule has 3 heteroatoms. The molecule has 33 heavy (non-hydrogen) atoms. The average molecular weight is 471 g/mol. The first-order valence-electron chi connectivity index (χ1n) is 13.6. The Bertz CT molecular complexity index is 827. The number of hydrogen-bond acceptors (Lipinski definition) is 2. The molecule has 0 bridgehead atoms. The lowest BCUT2D eigenvalue weighted by Crippen LogP contribution is -2.51. The number of aryl methyl sites for hydroxylation is 1. The lowest BCUT2D eigenvalue weighted by atomic mass is 9.67. The van der Waals surface area contributed by atoms with Gasteiger partial charge in [0, 0.05) is 17.4 Å². The maximum atomic E-state index is 7.42. The van der Waals surface area contributed by atoms with Crippen LogP contribution in [0, 0.1) is 5.92 Å². The molecule has 1 aliphatic carbocycles. The lowest BCUT2D eigenvalue weighted by molar-refractivity contribution is 0.00777. The molecule has 2 aliphatic rings. The van der Waals surface area contributed by atoms with Gasteiger partial charge in [-0.05, 0) is 80.8 Å². The minimum absolute atomic E-state index is 0.156. The number of unbranched alkanes of at least 4 members (excludes halogenated alkanes) is 2. The van der Waals surface area contributed by atoms with Gasteiger partial charge in [0.2, 0.25) is 0 Å². The van der Waals surface area contributed by atoms with Gasteiger partial charge in [0.05, 0.1) is 0 Å². The molecule has 0 fully saturated rings. The summed E-state index contributed by atoms with van der Waals surface area (Å²) >= 11 is 0. The minimum atomic E-state index is -2.07. The molecule has 3 rings (SSSR count). The van der Waals surface area contributed by atoms with Crippen molar-refractivity contribution in [2.45, 2.75) is 136 Å². The van der Waals surface area contributed by atoms with Crippen LogP contribution in [-0.4, -0.2) is 13.9 Å². The Morgan fingerprint density at radius 2 is 1.67 bits per heavy atom. The van der Waals surface area contributed by atoms with Gasteiger partial charge >= 0.3 is 0 Å². The van der Waals surface area contributed by atoms with Crippen LogP contribution in [-0.2, 0) is 6.42 Å². The van der Waals surface area contributed by atoms with E-state index < -0.39 is 8.32 Å². The van der Waals surface area contributed by atoms with Crippen molar-refractivity contribution >= 4 is 8.32 Å². The highest BCUT2D eigenvalue weighted by atomic mass is 28.4. The van der Waals surface area contributed by atoms with Gasteiger partial charge in [0.15, 0.2) is 0 Å². The van der Waals surface area contributed by atoms with Crippen LogP contribution in [0.15, 0.2) is 23.8 Å². The first-order valence-corrected chi connectivity index (χ1v) is 15.8. The Hall–Kier alpha value is -1.22. The third kappa shape index (κ3) is 5.09. The third-order valence-corrected chi connectivity index (χ3v) is 14.6. The standard InChI is InChI=1S/C30H50O2Si/c1-11-12-13-14-24-18-27-29(25-17-23(8)15-16-26(25)30(9,10)31-27)28(19-24)32-33(20(2)3,21(4)5)22(6)7/h15,18-22,25-26H,11-14,16-17H2,1-10H3/t25-,26-/m1/s1. The van der Waals surface area contributed by atoms with Crippen molar-refractivity contribution < 1.29 is 9.16 Å². The number of rotatable bonds is 9. The van der Waals surface area contributed by atoms with E-state index in [4.69, 9.17) is 9.16 Å². The van der Waals surface area contributed by atoms with Gasteiger partial charge in [-0.1, -0.05) is 73.0 Å². The fourth-order valence-corrected chi connectivity index (χ4v) is 12.2. The van der Waals surface area contributed by atoms with Crippen LogP contribution in [0.4, 0.5) is 0 Å². The molecule has 1 aromatic carbocycles. The van der Waals surface area contributed by atoms with Crippen molar-refractivity contribution in [2.75, 3.05) is 0 Å². The first-order chi connectivity index (χ1) is 15.4. The molecule has 0 amide bonds. The Labute approximate surface area is 205 Å². The van der Waals surface area contributed by atoms with E-state index in [1.165, 1.54) is 36.0 Å². The fraction of sp³-hybridized carbons (Fsp3) is 0.733. The molecule has 0 saturated carbocycles. The van der Waals surface area contributed by atoms with Crippen molar-refractivity contribution in [1.29, 1.82) is 0 Å². The summed E-state index contributed by atoms with van der Waals surface area (Å²) in [5, 5.41) is 0. The van der Waals surface area contributed by atoms with Crippen molar-refractivity contribution in [2.24, 2.45) is 5.92 Å². The zero-order chi connectivity index (χ0) is 24.6.